The molecule has 182 valence electrons. The third-order valence-electron chi connectivity index (χ3n) is 7.27. The van der Waals surface area contributed by atoms with E-state index in [9.17, 15) is 15.3 Å². The number of imidazole rings is 1. The normalized spacial score (nSPS) is 26.1. The molecule has 1 aliphatic heterocycles. The van der Waals surface area contributed by atoms with Gasteiger partial charge in [0.2, 0.25) is 0 Å². The van der Waals surface area contributed by atoms with Gasteiger partial charge in [0.05, 0.1) is 12.9 Å². The molecule has 9 nitrogen and oxygen atoms in total. The first-order chi connectivity index (χ1) is 16.6. The molecule has 2 fully saturated rings. The molecule has 1 saturated heterocycles. The van der Waals surface area contributed by atoms with Gasteiger partial charge in [-0.1, -0.05) is 49.9 Å². The first-order valence-corrected chi connectivity index (χ1v) is 12.2. The number of benzene rings is 1. The molecule has 0 unspecified atom stereocenters. The second-order valence-electron chi connectivity index (χ2n) is 9.45. The molecule has 0 bridgehead atoms. The van der Waals surface area contributed by atoms with E-state index in [0.717, 1.165) is 25.2 Å². The molecule has 34 heavy (non-hydrogen) atoms. The van der Waals surface area contributed by atoms with Crippen LogP contribution in [0.15, 0.2) is 36.9 Å². The Hall–Kier alpha value is -2.59. The van der Waals surface area contributed by atoms with Gasteiger partial charge >= 0.3 is 0 Å². The minimum atomic E-state index is -1.20. The zero-order valence-electron chi connectivity index (χ0n) is 19.5. The van der Waals surface area contributed by atoms with E-state index >= 15 is 0 Å². The van der Waals surface area contributed by atoms with Crippen molar-refractivity contribution in [3.05, 3.63) is 48.0 Å². The van der Waals surface area contributed by atoms with E-state index in [2.05, 4.69) is 46.1 Å². The molecule has 0 amide bonds. The summed E-state index contributed by atoms with van der Waals surface area (Å²) in [7, 11) is 0. The van der Waals surface area contributed by atoms with Crippen molar-refractivity contribution < 1.29 is 20.1 Å². The molecule has 0 radical (unpaired) electrons. The van der Waals surface area contributed by atoms with Crippen LogP contribution in [-0.4, -0.2) is 65.8 Å². The first-order valence-electron chi connectivity index (χ1n) is 12.2. The van der Waals surface area contributed by atoms with Gasteiger partial charge in [0.1, 0.15) is 24.6 Å². The van der Waals surface area contributed by atoms with Crippen LogP contribution >= 0.6 is 0 Å². The lowest BCUT2D eigenvalue weighted by Crippen LogP contribution is -2.35. The van der Waals surface area contributed by atoms with Gasteiger partial charge in [0, 0.05) is 12.6 Å². The van der Waals surface area contributed by atoms with E-state index in [1.54, 1.807) is 10.9 Å². The second kappa shape index (κ2) is 9.95. The van der Waals surface area contributed by atoms with Crippen LogP contribution in [0.5, 0.6) is 0 Å². The van der Waals surface area contributed by atoms with Crippen LogP contribution in [0.1, 0.15) is 55.9 Å². The average Bonchev–Trinajstić information content (AvgIpc) is 3.27. The molecule has 1 aromatic carbocycles. The number of nitrogens with zero attached hydrogens (tertiary/aromatic N) is 5. The Labute approximate surface area is 199 Å². The van der Waals surface area contributed by atoms with E-state index < -0.39 is 24.5 Å². The number of fused-ring (bicyclic) bond motifs is 1. The summed E-state index contributed by atoms with van der Waals surface area (Å²) in [6, 6.07) is 8.76. The standard InChI is InChI=1S/C25H33N5O4/c1-16-8-6-7-9-17(16)12-29(18-10-4-2-3-5-11-18)23-20-24(27-14-26-23)30(15-28-20)25-22(33)21(32)19(13-31)34-25/h6-9,14-15,18-19,21-22,25,31-33H,2-5,10-13H2,1H3/t19-,21-,22-,25-/m1/s1. The largest absolute Gasteiger partial charge is 0.394 e. The van der Waals surface area contributed by atoms with Crippen LogP contribution in [0, 0.1) is 6.92 Å². The highest BCUT2D eigenvalue weighted by Crippen LogP contribution is 2.35. The van der Waals surface area contributed by atoms with Gasteiger partial charge in [-0.2, -0.15) is 0 Å². The first kappa shape index (κ1) is 23.2. The van der Waals surface area contributed by atoms with Crippen molar-refractivity contribution in [3.63, 3.8) is 0 Å². The Balaban J connectivity index is 1.55. The van der Waals surface area contributed by atoms with Crippen molar-refractivity contribution in [3.8, 4) is 0 Å². The predicted molar refractivity (Wildman–Crippen MR) is 127 cm³/mol. The van der Waals surface area contributed by atoms with Crippen LogP contribution in [0.2, 0.25) is 0 Å². The summed E-state index contributed by atoms with van der Waals surface area (Å²) in [6.07, 6.45) is 6.09. The van der Waals surface area contributed by atoms with Gasteiger partial charge in [0.25, 0.3) is 0 Å². The third-order valence-corrected chi connectivity index (χ3v) is 7.27. The number of aryl methyl sites for hydroxylation is 1. The molecular weight excluding hydrogens is 434 g/mol. The lowest BCUT2D eigenvalue weighted by Gasteiger charge is -2.33. The lowest BCUT2D eigenvalue weighted by molar-refractivity contribution is -0.0511. The maximum absolute atomic E-state index is 10.5. The fourth-order valence-electron chi connectivity index (χ4n) is 5.26. The molecule has 2 aromatic heterocycles. The van der Waals surface area contributed by atoms with Crippen LogP contribution < -0.4 is 4.90 Å². The fourth-order valence-corrected chi connectivity index (χ4v) is 5.26. The number of rotatable bonds is 6. The minimum Gasteiger partial charge on any atom is -0.394 e. The Morgan fingerprint density at radius 2 is 1.79 bits per heavy atom. The zero-order valence-corrected chi connectivity index (χ0v) is 19.5. The number of hydrogen-bond donors (Lipinski definition) is 3. The molecule has 4 atom stereocenters. The second-order valence-corrected chi connectivity index (χ2v) is 9.45. The lowest BCUT2D eigenvalue weighted by atomic mass is 10.0. The highest BCUT2D eigenvalue weighted by Gasteiger charge is 2.44. The fraction of sp³-hybridized carbons (Fsp3) is 0.560. The monoisotopic (exact) mass is 467 g/mol. The third kappa shape index (κ3) is 4.29. The van der Waals surface area contributed by atoms with Gasteiger partial charge < -0.3 is 25.0 Å². The van der Waals surface area contributed by atoms with Gasteiger partial charge in [-0.25, -0.2) is 15.0 Å². The molecule has 2 aliphatic rings. The summed E-state index contributed by atoms with van der Waals surface area (Å²) in [6.45, 7) is 2.48. The number of aliphatic hydroxyl groups is 3. The van der Waals surface area contributed by atoms with Gasteiger partial charge in [-0.15, -0.1) is 0 Å². The highest BCUT2D eigenvalue weighted by atomic mass is 16.6. The van der Waals surface area contributed by atoms with E-state index in [-0.39, 0.29) is 6.61 Å². The molecule has 9 heteroatoms. The van der Waals surface area contributed by atoms with Crippen molar-refractivity contribution in [2.45, 2.75) is 82.6 Å². The van der Waals surface area contributed by atoms with Crippen molar-refractivity contribution in [1.82, 2.24) is 19.5 Å². The summed E-state index contributed by atoms with van der Waals surface area (Å²) in [5.74, 6) is 0.769. The number of hydrogen-bond acceptors (Lipinski definition) is 8. The Morgan fingerprint density at radius 1 is 1.03 bits per heavy atom. The van der Waals surface area contributed by atoms with Gasteiger partial charge in [0.15, 0.2) is 23.2 Å². The molecule has 5 rings (SSSR count). The summed E-state index contributed by atoms with van der Waals surface area (Å²) in [5.41, 5.74) is 3.66. The smallest absolute Gasteiger partial charge is 0.167 e. The highest BCUT2D eigenvalue weighted by molar-refractivity contribution is 5.83. The molecular formula is C25H33N5O4. The van der Waals surface area contributed by atoms with Crippen LogP contribution in [-0.2, 0) is 11.3 Å². The van der Waals surface area contributed by atoms with Crippen LogP contribution in [0.25, 0.3) is 11.2 Å². The summed E-state index contributed by atoms with van der Waals surface area (Å²) in [4.78, 5) is 16.2. The SMILES string of the molecule is Cc1ccccc1CN(c1ncnc2c1ncn2[C@@H]1O[C@H](CO)[C@@H](O)[C@H]1O)C1CCCCCC1. The van der Waals surface area contributed by atoms with Crippen molar-refractivity contribution in [2.75, 3.05) is 11.5 Å². The summed E-state index contributed by atoms with van der Waals surface area (Å²) < 4.78 is 7.36. The maximum Gasteiger partial charge on any atom is 0.167 e. The van der Waals surface area contributed by atoms with Crippen LogP contribution in [0.3, 0.4) is 0 Å². The molecule has 1 saturated carbocycles. The predicted octanol–water partition coefficient (Wildman–Crippen LogP) is 2.48. The summed E-state index contributed by atoms with van der Waals surface area (Å²) >= 11 is 0. The quantitative estimate of drug-likeness (QED) is 0.474. The number of aliphatic hydroxyl groups excluding tert-OH is 3. The van der Waals surface area contributed by atoms with E-state index in [0.29, 0.717) is 17.2 Å². The average molecular weight is 468 g/mol. The van der Waals surface area contributed by atoms with E-state index in [1.807, 2.05) is 0 Å². The zero-order chi connectivity index (χ0) is 23.7. The summed E-state index contributed by atoms with van der Waals surface area (Å²) in [5, 5.41) is 30.2. The Kier molecular flexibility index (Phi) is 6.78. The number of aromatic nitrogens is 4. The van der Waals surface area contributed by atoms with Gasteiger partial charge in [-0.3, -0.25) is 4.57 Å². The number of anilines is 1. The number of ether oxygens (including phenoxy) is 1. The molecule has 0 spiro atoms. The molecule has 1 aliphatic carbocycles. The Morgan fingerprint density at radius 3 is 2.50 bits per heavy atom. The van der Waals surface area contributed by atoms with Crippen molar-refractivity contribution >= 4 is 17.0 Å². The minimum absolute atomic E-state index is 0.347. The Bertz CT molecular complexity index is 1110. The van der Waals surface area contributed by atoms with Crippen molar-refractivity contribution in [2.24, 2.45) is 0 Å². The molecule has 3 N–H and O–H groups in total. The van der Waals surface area contributed by atoms with E-state index in [4.69, 9.17) is 9.72 Å². The van der Waals surface area contributed by atoms with Gasteiger partial charge in [-0.05, 0) is 30.9 Å². The van der Waals surface area contributed by atoms with Crippen molar-refractivity contribution in [1.29, 1.82) is 0 Å². The van der Waals surface area contributed by atoms with Crippen LogP contribution in [0.4, 0.5) is 5.82 Å². The van der Waals surface area contributed by atoms with E-state index in [1.165, 1.54) is 43.1 Å². The maximum atomic E-state index is 10.5. The molecule has 3 heterocycles. The molecule has 3 aromatic rings. The topological polar surface area (TPSA) is 117 Å².